The zero-order chi connectivity index (χ0) is 12.9. The van der Waals surface area contributed by atoms with Crippen molar-refractivity contribution in [1.82, 2.24) is 9.97 Å². The van der Waals surface area contributed by atoms with Gasteiger partial charge in [0, 0.05) is 24.6 Å². The highest BCUT2D eigenvalue weighted by Gasteiger charge is 2.18. The van der Waals surface area contributed by atoms with Crippen molar-refractivity contribution in [3.8, 4) is 0 Å². The molecule has 0 aliphatic heterocycles. The average molecular weight is 258 g/mol. The number of nitrogens with one attached hydrogen (secondary N) is 1. The zero-order valence-corrected chi connectivity index (χ0v) is 11.4. The molecule has 1 heterocycles. The molecule has 1 rings (SSSR count). The predicted molar refractivity (Wildman–Crippen MR) is 70.6 cm³/mol. The summed E-state index contributed by atoms with van der Waals surface area (Å²) in [6.07, 6.45) is 1.70. The van der Waals surface area contributed by atoms with Gasteiger partial charge in [0.1, 0.15) is 16.8 Å². The molecule has 0 atom stereocenters. The number of hydrogen-bond donors (Lipinski definition) is 2. The monoisotopic (exact) mass is 257 g/mol. The molecule has 0 amide bonds. The van der Waals surface area contributed by atoms with Crippen LogP contribution in [0.5, 0.6) is 0 Å². The largest absolute Gasteiger partial charge is 0.396 e. The third-order valence-electron chi connectivity index (χ3n) is 2.26. The second-order valence-electron chi connectivity index (χ2n) is 5.01. The van der Waals surface area contributed by atoms with E-state index in [-0.39, 0.29) is 12.0 Å². The molecule has 0 aliphatic carbocycles. The molecule has 0 bridgehead atoms. The second-order valence-corrected chi connectivity index (χ2v) is 5.39. The maximum absolute atomic E-state index is 8.68. The smallest absolute Gasteiger partial charge is 0.137 e. The Labute approximate surface area is 107 Å². The van der Waals surface area contributed by atoms with Gasteiger partial charge in [-0.3, -0.25) is 0 Å². The molecule has 0 radical (unpaired) electrons. The Morgan fingerprint density at radius 3 is 2.59 bits per heavy atom. The molecule has 17 heavy (non-hydrogen) atoms. The summed E-state index contributed by atoms with van der Waals surface area (Å²) in [5.41, 5.74) is -0.119. The lowest BCUT2D eigenvalue weighted by atomic mass is 9.96. The van der Waals surface area contributed by atoms with Gasteiger partial charge in [0.2, 0.25) is 0 Å². The van der Waals surface area contributed by atoms with Crippen molar-refractivity contribution in [2.24, 2.45) is 0 Å². The summed E-state index contributed by atoms with van der Waals surface area (Å²) < 4.78 is 0. The van der Waals surface area contributed by atoms with Crippen molar-refractivity contribution in [2.75, 3.05) is 18.5 Å². The van der Waals surface area contributed by atoms with Crippen molar-refractivity contribution in [1.29, 1.82) is 0 Å². The van der Waals surface area contributed by atoms with Crippen molar-refractivity contribution in [2.45, 2.75) is 39.0 Å². The van der Waals surface area contributed by atoms with Gasteiger partial charge in [0.25, 0.3) is 0 Å². The minimum atomic E-state index is -0.119. The maximum Gasteiger partial charge on any atom is 0.137 e. The Hall–Kier alpha value is -0.870. The van der Waals surface area contributed by atoms with Crippen LogP contribution in [-0.4, -0.2) is 28.2 Å². The molecule has 1 aromatic rings. The second kappa shape index (κ2) is 6.17. The summed E-state index contributed by atoms with van der Waals surface area (Å²) in [4.78, 5) is 8.66. The van der Waals surface area contributed by atoms with Gasteiger partial charge in [-0.05, 0) is 12.8 Å². The van der Waals surface area contributed by atoms with E-state index in [9.17, 15) is 0 Å². The lowest BCUT2D eigenvalue weighted by Gasteiger charge is -2.17. The minimum Gasteiger partial charge on any atom is -0.396 e. The van der Waals surface area contributed by atoms with E-state index in [4.69, 9.17) is 16.7 Å². The summed E-state index contributed by atoms with van der Waals surface area (Å²) in [5, 5.41) is 12.3. The van der Waals surface area contributed by atoms with Crippen LogP contribution in [0.4, 0.5) is 5.82 Å². The molecule has 0 fully saturated rings. The molecule has 0 saturated heterocycles. The zero-order valence-electron chi connectivity index (χ0n) is 10.6. The molecule has 96 valence electrons. The fourth-order valence-corrected chi connectivity index (χ4v) is 1.48. The van der Waals surface area contributed by atoms with Crippen molar-refractivity contribution in [3.05, 3.63) is 17.0 Å². The lowest BCUT2D eigenvalue weighted by Crippen LogP contribution is -2.17. The van der Waals surface area contributed by atoms with Crippen LogP contribution >= 0.6 is 11.6 Å². The Kier molecular flexibility index (Phi) is 5.15. The molecule has 0 unspecified atom stereocenters. The van der Waals surface area contributed by atoms with E-state index in [1.165, 1.54) is 0 Å². The fraction of sp³-hybridized carbons (Fsp3) is 0.667. The van der Waals surface area contributed by atoms with Crippen LogP contribution in [0, 0.1) is 0 Å². The molecule has 0 saturated carbocycles. The van der Waals surface area contributed by atoms with E-state index in [2.05, 4.69) is 15.3 Å². The van der Waals surface area contributed by atoms with Crippen LogP contribution in [0.3, 0.4) is 0 Å². The van der Waals surface area contributed by atoms with Gasteiger partial charge in [0.15, 0.2) is 0 Å². The Balaban J connectivity index is 2.69. The Morgan fingerprint density at radius 1 is 1.29 bits per heavy atom. The first-order valence-corrected chi connectivity index (χ1v) is 6.21. The van der Waals surface area contributed by atoms with Crippen molar-refractivity contribution >= 4 is 17.4 Å². The number of aliphatic hydroxyl groups is 1. The van der Waals surface area contributed by atoms with Gasteiger partial charge in [0.05, 0.1) is 0 Å². The number of aromatic nitrogens is 2. The number of halogens is 1. The Bertz CT molecular complexity index is 363. The maximum atomic E-state index is 8.68. The SMILES string of the molecule is CC(C)(C)c1nc(Cl)cc(NCCCCO)n1. The van der Waals surface area contributed by atoms with Crippen LogP contribution in [-0.2, 0) is 5.41 Å². The van der Waals surface area contributed by atoms with Gasteiger partial charge < -0.3 is 10.4 Å². The first kappa shape index (κ1) is 14.2. The van der Waals surface area contributed by atoms with E-state index in [1.807, 2.05) is 20.8 Å². The highest BCUT2D eigenvalue weighted by atomic mass is 35.5. The van der Waals surface area contributed by atoms with Gasteiger partial charge in [-0.25, -0.2) is 9.97 Å². The standard InChI is InChI=1S/C12H20ClN3O/c1-12(2,3)11-15-9(13)8-10(16-11)14-6-4-5-7-17/h8,17H,4-7H2,1-3H3,(H,14,15,16). The van der Waals surface area contributed by atoms with E-state index in [1.54, 1.807) is 6.07 Å². The first-order chi connectivity index (χ1) is 7.93. The molecule has 0 aromatic carbocycles. The highest BCUT2D eigenvalue weighted by Crippen LogP contribution is 2.22. The molecule has 0 spiro atoms. The molecule has 5 heteroatoms. The summed E-state index contributed by atoms with van der Waals surface area (Å²) in [5.74, 6) is 1.47. The molecular formula is C12H20ClN3O. The normalized spacial score (nSPS) is 11.6. The quantitative estimate of drug-likeness (QED) is 0.629. The topological polar surface area (TPSA) is 58.0 Å². The summed E-state index contributed by atoms with van der Waals surface area (Å²) in [6.45, 7) is 7.15. The predicted octanol–water partition coefficient (Wildman–Crippen LogP) is 2.61. The van der Waals surface area contributed by atoms with Crippen LogP contribution in [0.15, 0.2) is 6.07 Å². The highest BCUT2D eigenvalue weighted by molar-refractivity contribution is 6.29. The summed E-state index contributed by atoms with van der Waals surface area (Å²) in [6, 6.07) is 1.72. The summed E-state index contributed by atoms with van der Waals surface area (Å²) in [7, 11) is 0. The first-order valence-electron chi connectivity index (χ1n) is 5.83. The number of unbranched alkanes of at least 4 members (excludes halogenated alkanes) is 1. The molecule has 1 aromatic heterocycles. The molecule has 4 nitrogen and oxygen atoms in total. The van der Waals surface area contributed by atoms with Crippen molar-refractivity contribution < 1.29 is 5.11 Å². The number of nitrogens with zero attached hydrogens (tertiary/aromatic N) is 2. The fourth-order valence-electron chi connectivity index (χ4n) is 1.30. The van der Waals surface area contributed by atoms with Gasteiger partial charge in [-0.2, -0.15) is 0 Å². The van der Waals surface area contributed by atoms with Crippen LogP contribution in [0.25, 0.3) is 0 Å². The van der Waals surface area contributed by atoms with Gasteiger partial charge in [-0.1, -0.05) is 32.4 Å². The Morgan fingerprint density at radius 2 is 2.00 bits per heavy atom. The third kappa shape index (κ3) is 4.88. The number of anilines is 1. The lowest BCUT2D eigenvalue weighted by molar-refractivity contribution is 0.286. The van der Waals surface area contributed by atoms with E-state index in [0.717, 1.165) is 31.0 Å². The summed E-state index contributed by atoms with van der Waals surface area (Å²) >= 11 is 5.97. The van der Waals surface area contributed by atoms with E-state index in [0.29, 0.717) is 5.15 Å². The van der Waals surface area contributed by atoms with Crippen molar-refractivity contribution in [3.63, 3.8) is 0 Å². The third-order valence-corrected chi connectivity index (χ3v) is 2.45. The number of aliphatic hydroxyl groups excluding tert-OH is 1. The van der Waals surface area contributed by atoms with E-state index < -0.39 is 0 Å². The molecule has 2 N–H and O–H groups in total. The minimum absolute atomic E-state index is 0.119. The van der Waals surface area contributed by atoms with Gasteiger partial charge >= 0.3 is 0 Å². The van der Waals surface area contributed by atoms with Crippen LogP contribution in [0.2, 0.25) is 5.15 Å². The molecule has 0 aliphatic rings. The van der Waals surface area contributed by atoms with Gasteiger partial charge in [-0.15, -0.1) is 0 Å². The van der Waals surface area contributed by atoms with Crippen LogP contribution in [0.1, 0.15) is 39.4 Å². The number of hydrogen-bond acceptors (Lipinski definition) is 4. The number of rotatable bonds is 5. The van der Waals surface area contributed by atoms with E-state index >= 15 is 0 Å². The average Bonchev–Trinajstić information content (AvgIpc) is 2.22. The van der Waals surface area contributed by atoms with Crippen LogP contribution < -0.4 is 5.32 Å². The molecular weight excluding hydrogens is 238 g/mol.